The summed E-state index contributed by atoms with van der Waals surface area (Å²) in [5.41, 5.74) is 10.3. The fourth-order valence-corrected chi connectivity index (χ4v) is 4.15. The fraction of sp³-hybridized carbons (Fsp3) is 0.0417. The maximum atomic E-state index is 12.1. The van der Waals surface area contributed by atoms with E-state index in [9.17, 15) is 4.79 Å². The molecule has 0 saturated heterocycles. The van der Waals surface area contributed by atoms with Crippen molar-refractivity contribution < 1.29 is 9.21 Å². The molecular weight excluding hydrogens is 475 g/mol. The number of halogens is 1. The van der Waals surface area contributed by atoms with Gasteiger partial charge in [-0.15, -0.1) is 0 Å². The summed E-state index contributed by atoms with van der Waals surface area (Å²) in [6.07, 6.45) is 1.66. The van der Waals surface area contributed by atoms with Gasteiger partial charge in [-0.25, -0.2) is 0 Å². The molecule has 1 amide bonds. The van der Waals surface area contributed by atoms with E-state index in [1.807, 2.05) is 30.3 Å². The predicted molar refractivity (Wildman–Crippen MR) is 123 cm³/mol. The fourth-order valence-electron chi connectivity index (χ4n) is 3.79. The monoisotopic (exact) mass is 491 g/mol. The molecule has 2 aromatic heterocycles. The zero-order valence-electron chi connectivity index (χ0n) is 15.4. The van der Waals surface area contributed by atoms with Gasteiger partial charge in [0, 0.05) is 32.0 Å². The van der Waals surface area contributed by atoms with Gasteiger partial charge in [-0.2, -0.15) is 0 Å². The Morgan fingerprint density at radius 2 is 1.90 bits per heavy atom. The van der Waals surface area contributed by atoms with Crippen molar-refractivity contribution in [2.75, 3.05) is 0 Å². The van der Waals surface area contributed by atoms with Crippen molar-refractivity contribution in [2.45, 2.75) is 6.54 Å². The van der Waals surface area contributed by atoms with Gasteiger partial charge < -0.3 is 14.7 Å². The Bertz CT molecular complexity index is 1350. The molecule has 0 aliphatic heterocycles. The highest BCUT2D eigenvalue weighted by Crippen LogP contribution is 2.34. The second-order valence-corrected chi connectivity index (χ2v) is 8.15. The first-order valence-electron chi connectivity index (χ1n) is 9.16. The number of carbonyl (C=O) groups excluding carboxylic acids is 1. The van der Waals surface area contributed by atoms with E-state index in [1.54, 1.807) is 12.3 Å². The molecule has 4 nitrogen and oxygen atoms in total. The lowest BCUT2D eigenvalue weighted by Crippen LogP contribution is -2.11. The third kappa shape index (κ3) is 3.11. The molecule has 0 aliphatic rings. The number of nitrogens with two attached hydrogens (primary N) is 1. The normalized spacial score (nSPS) is 11.3. The summed E-state index contributed by atoms with van der Waals surface area (Å²) in [6, 6.07) is 25.3. The number of furan rings is 1. The van der Waals surface area contributed by atoms with Crippen molar-refractivity contribution in [1.29, 1.82) is 0 Å². The summed E-state index contributed by atoms with van der Waals surface area (Å²) in [5, 5.41) is 1.72. The lowest BCUT2D eigenvalue weighted by molar-refractivity contribution is 0.100. The van der Waals surface area contributed by atoms with Gasteiger partial charge in [0.2, 0.25) is 5.91 Å². The van der Waals surface area contributed by atoms with Crippen LogP contribution in [0.3, 0.4) is 0 Å². The maximum absolute atomic E-state index is 12.1. The molecule has 2 heterocycles. The average Bonchev–Trinajstić information content (AvgIpc) is 3.36. The Hall–Kier alpha value is -3.06. The first-order chi connectivity index (χ1) is 14.1. The van der Waals surface area contributed by atoms with Gasteiger partial charge >= 0.3 is 0 Å². The van der Waals surface area contributed by atoms with Gasteiger partial charge in [-0.1, -0.05) is 18.2 Å². The Kier molecular flexibility index (Phi) is 4.39. The van der Waals surface area contributed by atoms with E-state index in [-0.39, 0.29) is 0 Å². The van der Waals surface area contributed by atoms with Crippen molar-refractivity contribution in [3.8, 4) is 11.3 Å². The molecule has 5 heteroatoms. The quantitative estimate of drug-likeness (QED) is 0.333. The van der Waals surface area contributed by atoms with Crippen LogP contribution in [-0.4, -0.2) is 10.5 Å². The minimum absolute atomic E-state index is 0.438. The molecule has 0 fully saturated rings. The van der Waals surface area contributed by atoms with Gasteiger partial charge in [0.25, 0.3) is 0 Å². The predicted octanol–water partition coefficient (Wildman–Crippen LogP) is 5.61. The standard InChI is InChI=1S/C24H16IN2O2/c25-17-9-6-15(7-10-17)14-27-20-4-1-3-19(24(26)28)23(20)18-11-8-16(13-21(18)27)22-5-2-12-29-22/h1-10,12-13H,14H2,(H2,26,28). The molecule has 0 saturated carbocycles. The highest BCUT2D eigenvalue weighted by Gasteiger charge is 2.17. The number of rotatable bonds is 4. The van der Waals surface area contributed by atoms with Crippen molar-refractivity contribution >= 4 is 50.3 Å². The molecule has 0 bridgehead atoms. The number of benzene rings is 3. The Morgan fingerprint density at radius 1 is 1.07 bits per heavy atom. The van der Waals surface area contributed by atoms with Crippen LogP contribution in [0, 0.1) is 9.64 Å². The lowest BCUT2D eigenvalue weighted by atomic mass is 10.0. The number of primary amides is 1. The highest BCUT2D eigenvalue weighted by atomic mass is 127. The topological polar surface area (TPSA) is 61.2 Å². The van der Waals surface area contributed by atoms with Crippen molar-refractivity contribution in [2.24, 2.45) is 5.73 Å². The summed E-state index contributed by atoms with van der Waals surface area (Å²) in [6.45, 7) is 0.675. The molecule has 2 N–H and O–H groups in total. The summed E-state index contributed by atoms with van der Waals surface area (Å²) in [7, 11) is 0. The first kappa shape index (κ1) is 18.0. The molecule has 29 heavy (non-hydrogen) atoms. The summed E-state index contributed by atoms with van der Waals surface area (Å²) < 4.78 is 8.97. The molecule has 1 radical (unpaired) electrons. The van der Waals surface area contributed by atoms with Crippen molar-refractivity contribution in [3.63, 3.8) is 0 Å². The molecule has 0 atom stereocenters. The van der Waals surface area contributed by atoms with Crippen LogP contribution in [0.5, 0.6) is 0 Å². The second kappa shape index (κ2) is 7.08. The maximum Gasteiger partial charge on any atom is 0.249 e. The van der Waals surface area contributed by atoms with Crippen LogP contribution in [0.4, 0.5) is 0 Å². The van der Waals surface area contributed by atoms with Crippen LogP contribution >= 0.6 is 22.6 Å². The molecule has 5 rings (SSSR count). The number of aromatic nitrogens is 1. The molecule has 5 aromatic rings. The average molecular weight is 491 g/mol. The highest BCUT2D eigenvalue weighted by molar-refractivity contribution is 14.1. The summed E-state index contributed by atoms with van der Waals surface area (Å²) in [5.74, 6) is 0.344. The minimum Gasteiger partial charge on any atom is -0.464 e. The molecule has 141 valence electrons. The minimum atomic E-state index is -0.438. The first-order valence-corrected chi connectivity index (χ1v) is 10.2. The van der Waals surface area contributed by atoms with Gasteiger partial charge in [-0.3, -0.25) is 4.79 Å². The van der Waals surface area contributed by atoms with Crippen LogP contribution in [0.1, 0.15) is 15.9 Å². The van der Waals surface area contributed by atoms with Gasteiger partial charge in [0.05, 0.1) is 17.3 Å². The molecule has 0 spiro atoms. The third-order valence-electron chi connectivity index (χ3n) is 5.12. The van der Waals surface area contributed by atoms with Crippen LogP contribution in [-0.2, 0) is 6.54 Å². The van der Waals surface area contributed by atoms with Crippen LogP contribution < -0.4 is 5.73 Å². The SMILES string of the molecule is NC(=O)c1cccc2c1c1[c]cc(-c3ccco3)cc1n2Cc1ccc(I)cc1. The smallest absolute Gasteiger partial charge is 0.249 e. The van der Waals surface area contributed by atoms with E-state index in [0.29, 0.717) is 12.1 Å². The molecular formula is C24H16IN2O2. The lowest BCUT2D eigenvalue weighted by Gasteiger charge is -2.09. The number of hydrogen-bond acceptors (Lipinski definition) is 2. The number of fused-ring (bicyclic) bond motifs is 3. The zero-order valence-corrected chi connectivity index (χ0v) is 17.5. The zero-order chi connectivity index (χ0) is 20.0. The number of hydrogen-bond donors (Lipinski definition) is 1. The summed E-state index contributed by atoms with van der Waals surface area (Å²) in [4.78, 5) is 12.1. The largest absolute Gasteiger partial charge is 0.464 e. The van der Waals surface area contributed by atoms with E-state index in [2.05, 4.69) is 63.6 Å². The van der Waals surface area contributed by atoms with E-state index in [0.717, 1.165) is 33.1 Å². The van der Waals surface area contributed by atoms with Gasteiger partial charge in [0.15, 0.2) is 0 Å². The second-order valence-electron chi connectivity index (χ2n) is 6.90. The third-order valence-corrected chi connectivity index (χ3v) is 5.84. The Morgan fingerprint density at radius 3 is 2.62 bits per heavy atom. The summed E-state index contributed by atoms with van der Waals surface area (Å²) >= 11 is 2.30. The van der Waals surface area contributed by atoms with Gasteiger partial charge in [0.1, 0.15) is 5.76 Å². The van der Waals surface area contributed by atoms with E-state index in [4.69, 9.17) is 10.2 Å². The number of carbonyl (C=O) groups is 1. The Balaban J connectivity index is 1.81. The van der Waals surface area contributed by atoms with Crippen molar-refractivity contribution in [3.05, 3.63) is 93.8 Å². The van der Waals surface area contributed by atoms with Crippen LogP contribution in [0.25, 0.3) is 33.1 Å². The van der Waals surface area contributed by atoms with Crippen LogP contribution in [0.2, 0.25) is 0 Å². The number of amides is 1. The molecule has 0 unspecified atom stereocenters. The van der Waals surface area contributed by atoms with E-state index in [1.165, 1.54) is 9.13 Å². The number of nitrogens with zero attached hydrogens (tertiary/aromatic N) is 1. The van der Waals surface area contributed by atoms with E-state index < -0.39 is 5.91 Å². The molecule has 3 aromatic carbocycles. The van der Waals surface area contributed by atoms with Crippen molar-refractivity contribution in [1.82, 2.24) is 4.57 Å². The van der Waals surface area contributed by atoms with E-state index >= 15 is 0 Å². The molecule has 0 aliphatic carbocycles. The van der Waals surface area contributed by atoms with Crippen LogP contribution in [0.15, 0.2) is 77.4 Å². The Labute approximate surface area is 181 Å². The van der Waals surface area contributed by atoms with Gasteiger partial charge in [-0.05, 0) is 82.8 Å².